The maximum absolute atomic E-state index is 13.8. The summed E-state index contributed by atoms with van der Waals surface area (Å²) in [5.74, 6) is 0.177. The molecule has 0 aliphatic heterocycles. The first-order chi connectivity index (χ1) is 9.21. The van der Waals surface area contributed by atoms with E-state index in [9.17, 15) is 4.39 Å². The molecule has 20 heavy (non-hydrogen) atoms. The largest absolute Gasteiger partial charge is 0.398 e. The molecule has 2 rings (SSSR count). The minimum atomic E-state index is -0.349. The van der Waals surface area contributed by atoms with E-state index in [-0.39, 0.29) is 17.3 Å². The van der Waals surface area contributed by atoms with E-state index in [1.807, 2.05) is 6.92 Å². The molecule has 1 atom stereocenters. The SMILES string of the molecule is Cc1c(N)cc(-c2nnnn2C(C)C(C)(C)C)cc1F. The van der Waals surface area contributed by atoms with Crippen molar-refractivity contribution >= 4 is 5.69 Å². The summed E-state index contributed by atoms with van der Waals surface area (Å²) in [7, 11) is 0. The second kappa shape index (κ2) is 4.85. The minimum Gasteiger partial charge on any atom is -0.398 e. The van der Waals surface area contributed by atoms with Crippen molar-refractivity contribution < 1.29 is 4.39 Å². The molecule has 2 N–H and O–H groups in total. The number of aromatic nitrogens is 4. The van der Waals surface area contributed by atoms with Gasteiger partial charge < -0.3 is 5.73 Å². The molecule has 1 aromatic heterocycles. The third kappa shape index (κ3) is 2.50. The maximum Gasteiger partial charge on any atom is 0.182 e. The van der Waals surface area contributed by atoms with E-state index in [4.69, 9.17) is 5.73 Å². The second-order valence-corrected chi connectivity index (χ2v) is 6.16. The molecule has 5 nitrogen and oxygen atoms in total. The van der Waals surface area contributed by atoms with Gasteiger partial charge in [0.1, 0.15) is 5.82 Å². The fourth-order valence-electron chi connectivity index (χ4n) is 1.84. The standard InChI is InChI=1S/C14H20FN5/c1-8-11(15)6-10(7-12(8)16)13-17-18-19-20(13)9(2)14(3,4)5/h6-7,9H,16H2,1-5H3. The highest BCUT2D eigenvalue weighted by atomic mass is 19.1. The summed E-state index contributed by atoms with van der Waals surface area (Å²) in [5.41, 5.74) is 7.24. The molecule has 1 unspecified atom stereocenters. The Hall–Kier alpha value is -1.98. The lowest BCUT2D eigenvalue weighted by Gasteiger charge is -2.27. The molecule has 0 spiro atoms. The number of hydrogen-bond donors (Lipinski definition) is 1. The molecule has 0 saturated heterocycles. The van der Waals surface area contributed by atoms with E-state index in [1.165, 1.54) is 6.07 Å². The summed E-state index contributed by atoms with van der Waals surface area (Å²) in [5, 5.41) is 11.8. The average Bonchev–Trinajstić information content (AvgIpc) is 2.82. The normalized spacial score (nSPS) is 13.5. The highest BCUT2D eigenvalue weighted by Crippen LogP contribution is 2.33. The topological polar surface area (TPSA) is 69.6 Å². The van der Waals surface area contributed by atoms with Crippen LogP contribution in [0.4, 0.5) is 10.1 Å². The van der Waals surface area contributed by atoms with Crippen LogP contribution in [0.3, 0.4) is 0 Å². The number of rotatable bonds is 2. The van der Waals surface area contributed by atoms with Crippen molar-refractivity contribution in [3.05, 3.63) is 23.5 Å². The van der Waals surface area contributed by atoms with E-state index in [1.54, 1.807) is 17.7 Å². The number of tetrazole rings is 1. The van der Waals surface area contributed by atoms with Crippen LogP contribution in [0.5, 0.6) is 0 Å². The molecule has 0 radical (unpaired) electrons. The first kappa shape index (κ1) is 14.4. The zero-order chi connectivity index (χ0) is 15.1. The summed E-state index contributed by atoms with van der Waals surface area (Å²) in [6.07, 6.45) is 0. The molecule has 2 aromatic rings. The van der Waals surface area contributed by atoms with Crippen LogP contribution in [-0.2, 0) is 0 Å². The Bertz CT molecular complexity index is 604. The summed E-state index contributed by atoms with van der Waals surface area (Å²) in [4.78, 5) is 0. The third-order valence-corrected chi connectivity index (χ3v) is 3.76. The summed E-state index contributed by atoms with van der Waals surface area (Å²) < 4.78 is 15.6. The predicted molar refractivity (Wildman–Crippen MR) is 76.5 cm³/mol. The van der Waals surface area contributed by atoms with Crippen LogP contribution in [0.2, 0.25) is 0 Å². The maximum atomic E-state index is 13.8. The van der Waals surface area contributed by atoms with E-state index >= 15 is 0 Å². The number of benzene rings is 1. The highest BCUT2D eigenvalue weighted by molar-refractivity contribution is 5.64. The lowest BCUT2D eigenvalue weighted by Crippen LogP contribution is -2.23. The molecule has 108 valence electrons. The van der Waals surface area contributed by atoms with Gasteiger partial charge in [-0.15, -0.1) is 5.10 Å². The molecule has 0 bridgehead atoms. The molecule has 0 amide bonds. The fourth-order valence-corrected chi connectivity index (χ4v) is 1.84. The van der Waals surface area contributed by atoms with E-state index in [0.29, 0.717) is 22.6 Å². The first-order valence-corrected chi connectivity index (χ1v) is 6.55. The van der Waals surface area contributed by atoms with Gasteiger partial charge in [-0.3, -0.25) is 0 Å². The van der Waals surface area contributed by atoms with Crippen molar-refractivity contribution in [2.45, 2.75) is 40.7 Å². The van der Waals surface area contributed by atoms with Gasteiger partial charge >= 0.3 is 0 Å². The smallest absolute Gasteiger partial charge is 0.182 e. The average molecular weight is 277 g/mol. The molecule has 0 saturated carbocycles. The van der Waals surface area contributed by atoms with Crippen LogP contribution >= 0.6 is 0 Å². The third-order valence-electron chi connectivity index (χ3n) is 3.76. The quantitative estimate of drug-likeness (QED) is 0.857. The number of halogens is 1. The zero-order valence-corrected chi connectivity index (χ0v) is 12.5. The molecule has 0 aliphatic rings. The number of hydrogen-bond acceptors (Lipinski definition) is 4. The molecular weight excluding hydrogens is 257 g/mol. The highest BCUT2D eigenvalue weighted by Gasteiger charge is 2.26. The Morgan fingerprint density at radius 1 is 1.30 bits per heavy atom. The number of anilines is 1. The van der Waals surface area contributed by atoms with Crippen LogP contribution in [0.15, 0.2) is 12.1 Å². The fraction of sp³-hybridized carbons (Fsp3) is 0.500. The van der Waals surface area contributed by atoms with Gasteiger partial charge in [-0.05, 0) is 41.8 Å². The van der Waals surface area contributed by atoms with E-state index in [2.05, 4.69) is 36.3 Å². The Labute approximate surface area is 118 Å². The molecule has 0 aliphatic carbocycles. The van der Waals surface area contributed by atoms with Crippen molar-refractivity contribution in [3.8, 4) is 11.4 Å². The Balaban J connectivity index is 2.53. The van der Waals surface area contributed by atoms with Crippen molar-refractivity contribution in [1.29, 1.82) is 0 Å². The lowest BCUT2D eigenvalue weighted by molar-refractivity contribution is 0.243. The van der Waals surface area contributed by atoms with Gasteiger partial charge in [-0.1, -0.05) is 20.8 Å². The van der Waals surface area contributed by atoms with E-state index < -0.39 is 0 Å². The first-order valence-electron chi connectivity index (χ1n) is 6.55. The second-order valence-electron chi connectivity index (χ2n) is 6.16. The van der Waals surface area contributed by atoms with Crippen LogP contribution in [0.1, 0.15) is 39.3 Å². The Morgan fingerprint density at radius 2 is 1.95 bits per heavy atom. The number of nitrogens with two attached hydrogens (primary N) is 1. The monoisotopic (exact) mass is 277 g/mol. The van der Waals surface area contributed by atoms with Crippen molar-refractivity contribution in [2.75, 3.05) is 5.73 Å². The van der Waals surface area contributed by atoms with Crippen LogP contribution < -0.4 is 5.73 Å². The van der Waals surface area contributed by atoms with Gasteiger partial charge in [0.25, 0.3) is 0 Å². The van der Waals surface area contributed by atoms with Crippen molar-refractivity contribution in [1.82, 2.24) is 20.2 Å². The Morgan fingerprint density at radius 3 is 2.50 bits per heavy atom. The molecule has 0 fully saturated rings. The van der Waals surface area contributed by atoms with Crippen LogP contribution in [-0.4, -0.2) is 20.2 Å². The minimum absolute atomic E-state index is 0.0150. The molecule has 6 heteroatoms. The van der Waals surface area contributed by atoms with Crippen molar-refractivity contribution in [3.63, 3.8) is 0 Å². The van der Waals surface area contributed by atoms with Crippen LogP contribution in [0.25, 0.3) is 11.4 Å². The van der Waals surface area contributed by atoms with E-state index in [0.717, 1.165) is 0 Å². The molecule has 1 aromatic carbocycles. The van der Waals surface area contributed by atoms with Gasteiger partial charge in [0.05, 0.1) is 6.04 Å². The van der Waals surface area contributed by atoms with Crippen molar-refractivity contribution in [2.24, 2.45) is 5.41 Å². The van der Waals surface area contributed by atoms with Gasteiger partial charge in [-0.25, -0.2) is 9.07 Å². The number of nitrogen functional groups attached to an aromatic ring is 1. The molecular formula is C14H20FN5. The van der Waals surface area contributed by atoms with Gasteiger partial charge in [-0.2, -0.15) is 0 Å². The lowest BCUT2D eigenvalue weighted by atomic mass is 9.88. The summed E-state index contributed by atoms with van der Waals surface area (Å²) in [6.45, 7) is 10.00. The van der Waals surface area contributed by atoms with Gasteiger partial charge in [0.15, 0.2) is 5.82 Å². The van der Waals surface area contributed by atoms with Crippen LogP contribution in [0, 0.1) is 18.2 Å². The van der Waals surface area contributed by atoms with Gasteiger partial charge in [0.2, 0.25) is 0 Å². The zero-order valence-electron chi connectivity index (χ0n) is 12.5. The summed E-state index contributed by atoms with van der Waals surface area (Å²) in [6, 6.07) is 3.19. The summed E-state index contributed by atoms with van der Waals surface area (Å²) >= 11 is 0. The predicted octanol–water partition coefficient (Wildman–Crippen LogP) is 2.98. The number of nitrogens with zero attached hydrogens (tertiary/aromatic N) is 4. The molecule has 1 heterocycles. The van der Waals surface area contributed by atoms with Gasteiger partial charge in [0, 0.05) is 16.8 Å². The Kier molecular flexibility index (Phi) is 3.50.